The standard InChI is InChI=1S/C22H35NO/c1-3-4-5-6-7-8-10-18-13-14-20-16-21(22(2,23)17-24)12-9-11-19(20)15-18/h12-15,24H,3-11,16-17,23H2,1-2H3/t22-/m0/s1. The highest BCUT2D eigenvalue weighted by Gasteiger charge is 2.24. The molecule has 0 amide bonds. The molecule has 0 unspecified atom stereocenters. The molecule has 0 spiro atoms. The van der Waals surface area contributed by atoms with Crippen molar-refractivity contribution in [2.75, 3.05) is 6.61 Å². The molecule has 0 bridgehead atoms. The predicted octanol–water partition coefficient (Wildman–Crippen LogP) is 4.71. The summed E-state index contributed by atoms with van der Waals surface area (Å²) >= 11 is 0. The lowest BCUT2D eigenvalue weighted by molar-refractivity contribution is 0.229. The lowest BCUT2D eigenvalue weighted by atomic mass is 9.88. The first-order chi connectivity index (χ1) is 11.6. The van der Waals surface area contributed by atoms with Gasteiger partial charge < -0.3 is 10.8 Å². The minimum Gasteiger partial charge on any atom is -0.394 e. The van der Waals surface area contributed by atoms with Gasteiger partial charge in [0.05, 0.1) is 12.1 Å². The first-order valence-electron chi connectivity index (χ1n) is 9.76. The Labute approximate surface area is 148 Å². The van der Waals surface area contributed by atoms with Crippen LogP contribution in [0, 0.1) is 0 Å². The maximum Gasteiger partial charge on any atom is 0.0647 e. The molecule has 0 heterocycles. The molecule has 2 rings (SSSR count). The summed E-state index contributed by atoms with van der Waals surface area (Å²) in [4.78, 5) is 0. The fraction of sp³-hybridized carbons (Fsp3) is 0.636. The van der Waals surface area contributed by atoms with Gasteiger partial charge in [-0.2, -0.15) is 0 Å². The van der Waals surface area contributed by atoms with E-state index in [1.807, 2.05) is 6.92 Å². The summed E-state index contributed by atoms with van der Waals surface area (Å²) in [7, 11) is 0. The molecule has 0 fully saturated rings. The molecule has 0 radical (unpaired) electrons. The molecule has 3 N–H and O–H groups in total. The van der Waals surface area contributed by atoms with Gasteiger partial charge in [0.1, 0.15) is 0 Å². The number of aryl methyl sites for hydroxylation is 2. The van der Waals surface area contributed by atoms with Crippen molar-refractivity contribution in [1.29, 1.82) is 0 Å². The molecule has 134 valence electrons. The Morgan fingerprint density at radius 3 is 2.58 bits per heavy atom. The lowest BCUT2D eigenvalue weighted by Crippen LogP contribution is -2.42. The van der Waals surface area contributed by atoms with Gasteiger partial charge in [-0.15, -0.1) is 0 Å². The molecule has 24 heavy (non-hydrogen) atoms. The van der Waals surface area contributed by atoms with Crippen LogP contribution in [0.2, 0.25) is 0 Å². The number of hydrogen-bond acceptors (Lipinski definition) is 2. The van der Waals surface area contributed by atoms with Gasteiger partial charge in [-0.3, -0.25) is 0 Å². The van der Waals surface area contributed by atoms with Crippen molar-refractivity contribution in [3.63, 3.8) is 0 Å². The second-order valence-corrected chi connectivity index (χ2v) is 7.64. The van der Waals surface area contributed by atoms with Crippen LogP contribution in [0.3, 0.4) is 0 Å². The average Bonchev–Trinajstić information content (AvgIpc) is 2.80. The molecule has 1 aliphatic rings. The maximum atomic E-state index is 9.54. The SMILES string of the molecule is CCCCCCCCc1ccc2c(c1)CCC=C([C@@](C)(N)CO)C2. The Bertz CT molecular complexity index is 545. The van der Waals surface area contributed by atoms with E-state index in [1.165, 1.54) is 67.2 Å². The van der Waals surface area contributed by atoms with Crippen LogP contribution in [0.1, 0.15) is 75.5 Å². The molecule has 2 heteroatoms. The van der Waals surface area contributed by atoms with Crippen LogP contribution in [0.5, 0.6) is 0 Å². The van der Waals surface area contributed by atoms with E-state index in [-0.39, 0.29) is 6.61 Å². The summed E-state index contributed by atoms with van der Waals surface area (Å²) < 4.78 is 0. The molecular weight excluding hydrogens is 294 g/mol. The number of unbranched alkanes of at least 4 members (excludes halogenated alkanes) is 5. The summed E-state index contributed by atoms with van der Waals surface area (Å²) in [6, 6.07) is 6.99. The topological polar surface area (TPSA) is 46.2 Å². The smallest absolute Gasteiger partial charge is 0.0647 e. The van der Waals surface area contributed by atoms with Crippen molar-refractivity contribution in [2.24, 2.45) is 5.73 Å². The van der Waals surface area contributed by atoms with Crippen LogP contribution in [0.15, 0.2) is 29.8 Å². The van der Waals surface area contributed by atoms with Crippen molar-refractivity contribution in [1.82, 2.24) is 0 Å². The number of nitrogens with two attached hydrogens (primary N) is 1. The Morgan fingerprint density at radius 2 is 1.83 bits per heavy atom. The molecule has 1 aromatic rings. The highest BCUT2D eigenvalue weighted by molar-refractivity contribution is 5.39. The zero-order valence-electron chi connectivity index (χ0n) is 15.6. The van der Waals surface area contributed by atoms with Crippen molar-refractivity contribution in [3.8, 4) is 0 Å². The first-order valence-corrected chi connectivity index (χ1v) is 9.76. The summed E-state index contributed by atoms with van der Waals surface area (Å²) in [5, 5.41) is 9.54. The number of rotatable bonds is 9. The van der Waals surface area contributed by atoms with E-state index in [4.69, 9.17) is 5.73 Å². The maximum absolute atomic E-state index is 9.54. The third kappa shape index (κ3) is 5.46. The highest BCUT2D eigenvalue weighted by atomic mass is 16.3. The Morgan fingerprint density at radius 1 is 1.08 bits per heavy atom. The molecule has 1 aliphatic carbocycles. The minimum atomic E-state index is -0.598. The molecule has 1 atom stereocenters. The number of aliphatic hydroxyl groups is 1. The van der Waals surface area contributed by atoms with E-state index in [2.05, 4.69) is 31.2 Å². The first kappa shape index (κ1) is 19.2. The monoisotopic (exact) mass is 329 g/mol. The summed E-state index contributed by atoms with van der Waals surface area (Å²) in [5.41, 5.74) is 11.2. The van der Waals surface area contributed by atoms with E-state index >= 15 is 0 Å². The van der Waals surface area contributed by atoms with Gasteiger partial charge in [-0.1, -0.05) is 63.3 Å². The molecule has 0 aromatic heterocycles. The van der Waals surface area contributed by atoms with E-state index in [1.54, 1.807) is 0 Å². The number of hydrogen-bond donors (Lipinski definition) is 2. The lowest BCUT2D eigenvalue weighted by Gasteiger charge is -2.25. The molecule has 1 aromatic carbocycles. The number of aliphatic hydroxyl groups excluding tert-OH is 1. The van der Waals surface area contributed by atoms with Crippen LogP contribution < -0.4 is 5.73 Å². The second-order valence-electron chi connectivity index (χ2n) is 7.64. The molecule has 2 nitrogen and oxygen atoms in total. The highest BCUT2D eigenvalue weighted by Crippen LogP contribution is 2.27. The molecule has 0 aliphatic heterocycles. The fourth-order valence-electron chi connectivity index (χ4n) is 3.57. The number of allylic oxidation sites excluding steroid dienone is 1. The minimum absolute atomic E-state index is 0.00425. The van der Waals surface area contributed by atoms with Gasteiger partial charge in [0.25, 0.3) is 0 Å². The van der Waals surface area contributed by atoms with Gasteiger partial charge in [-0.05, 0) is 61.3 Å². The Kier molecular flexibility index (Phi) is 7.51. The fourth-order valence-corrected chi connectivity index (χ4v) is 3.57. The molecule has 0 saturated heterocycles. The van der Waals surface area contributed by atoms with E-state index < -0.39 is 5.54 Å². The van der Waals surface area contributed by atoms with Crippen LogP contribution in [-0.2, 0) is 19.3 Å². The Hall–Kier alpha value is -1.12. The molecular formula is C22H35NO. The van der Waals surface area contributed by atoms with Gasteiger partial charge in [0, 0.05) is 0 Å². The van der Waals surface area contributed by atoms with E-state index in [0.29, 0.717) is 0 Å². The van der Waals surface area contributed by atoms with Crippen LogP contribution >= 0.6 is 0 Å². The predicted molar refractivity (Wildman–Crippen MR) is 103 cm³/mol. The number of benzene rings is 1. The van der Waals surface area contributed by atoms with Crippen LogP contribution in [0.4, 0.5) is 0 Å². The summed E-state index contributed by atoms with van der Waals surface area (Å²) in [5.74, 6) is 0. The third-order valence-corrected chi connectivity index (χ3v) is 5.34. The normalized spacial score (nSPS) is 16.9. The zero-order valence-corrected chi connectivity index (χ0v) is 15.6. The quantitative estimate of drug-likeness (QED) is 0.509. The van der Waals surface area contributed by atoms with Gasteiger partial charge in [0.15, 0.2) is 0 Å². The van der Waals surface area contributed by atoms with Crippen molar-refractivity contribution < 1.29 is 5.11 Å². The van der Waals surface area contributed by atoms with Gasteiger partial charge in [-0.25, -0.2) is 0 Å². The van der Waals surface area contributed by atoms with Gasteiger partial charge in [0.2, 0.25) is 0 Å². The van der Waals surface area contributed by atoms with Crippen LogP contribution in [-0.4, -0.2) is 17.3 Å². The summed E-state index contributed by atoms with van der Waals surface area (Å²) in [6.07, 6.45) is 14.5. The van der Waals surface area contributed by atoms with E-state index in [9.17, 15) is 5.11 Å². The second kappa shape index (κ2) is 9.39. The molecule has 0 saturated carbocycles. The Balaban J connectivity index is 1.92. The third-order valence-electron chi connectivity index (χ3n) is 5.34. The zero-order chi connectivity index (χ0) is 17.4. The van der Waals surface area contributed by atoms with Crippen LogP contribution in [0.25, 0.3) is 0 Å². The largest absolute Gasteiger partial charge is 0.394 e. The van der Waals surface area contributed by atoms with Gasteiger partial charge >= 0.3 is 0 Å². The number of fused-ring (bicyclic) bond motifs is 1. The van der Waals surface area contributed by atoms with Crippen molar-refractivity contribution in [2.45, 2.75) is 83.6 Å². The van der Waals surface area contributed by atoms with Crippen molar-refractivity contribution in [3.05, 3.63) is 46.5 Å². The summed E-state index contributed by atoms with van der Waals surface area (Å²) in [6.45, 7) is 4.20. The average molecular weight is 330 g/mol. The van der Waals surface area contributed by atoms with E-state index in [0.717, 1.165) is 19.3 Å². The van der Waals surface area contributed by atoms with Crippen molar-refractivity contribution >= 4 is 0 Å².